The number of hydrogen-bond donors (Lipinski definition) is 2. The largest absolute Gasteiger partial charge is 0.299 e. The third-order valence-electron chi connectivity index (χ3n) is 2.53. The van der Waals surface area contributed by atoms with Crippen LogP contribution in [0.3, 0.4) is 0 Å². The lowest BCUT2D eigenvalue weighted by atomic mass is 10.1. The van der Waals surface area contributed by atoms with E-state index in [9.17, 15) is 9.59 Å². The Morgan fingerprint density at radius 1 is 1.10 bits per heavy atom. The quantitative estimate of drug-likeness (QED) is 0.482. The number of hydrogen-bond acceptors (Lipinski definition) is 4. The molecule has 0 saturated carbocycles. The Morgan fingerprint density at radius 2 is 1.70 bits per heavy atom. The number of benzene rings is 1. The van der Waals surface area contributed by atoms with E-state index in [1.165, 1.54) is 6.08 Å². The summed E-state index contributed by atoms with van der Waals surface area (Å²) in [6.45, 7) is 0. The summed E-state index contributed by atoms with van der Waals surface area (Å²) in [5.74, 6) is -1.05. The first-order valence-corrected chi connectivity index (χ1v) is 6.06. The lowest BCUT2D eigenvalue weighted by Gasteiger charge is -2.15. The molecule has 0 radical (unpaired) electrons. The van der Waals surface area contributed by atoms with Crippen molar-refractivity contribution in [2.24, 2.45) is 0 Å². The fourth-order valence-corrected chi connectivity index (χ4v) is 1.74. The molecule has 20 heavy (non-hydrogen) atoms. The van der Waals surface area contributed by atoms with Gasteiger partial charge in [-0.05, 0) is 36.0 Å². The number of nitriles is 1. The van der Waals surface area contributed by atoms with Gasteiger partial charge in [-0.25, -0.2) is 0 Å². The number of allylic oxidation sites excluding steroid dienone is 2. The Morgan fingerprint density at radius 3 is 2.25 bits per heavy atom. The number of rotatable bonds is 2. The predicted molar refractivity (Wildman–Crippen MR) is 77.2 cm³/mol. The summed E-state index contributed by atoms with van der Waals surface area (Å²) in [6, 6.07) is 8.93. The second kappa shape index (κ2) is 5.91. The van der Waals surface area contributed by atoms with Gasteiger partial charge in [0.05, 0.1) is 11.6 Å². The molecule has 2 N–H and O–H groups in total. The Bertz CT molecular complexity index is 659. The maximum Gasteiger partial charge on any atom is 0.263 e. The summed E-state index contributed by atoms with van der Waals surface area (Å²) in [7, 11) is 0. The molecular weight excluding hydrogens is 274 g/mol. The summed E-state index contributed by atoms with van der Waals surface area (Å²) in [4.78, 5) is 23.1. The third-order valence-corrected chi connectivity index (χ3v) is 2.74. The lowest BCUT2D eigenvalue weighted by molar-refractivity contribution is -0.123. The second-order valence-corrected chi connectivity index (χ2v) is 4.32. The highest BCUT2D eigenvalue weighted by Gasteiger charge is 2.24. The van der Waals surface area contributed by atoms with Crippen LogP contribution in [-0.2, 0) is 9.59 Å². The van der Waals surface area contributed by atoms with E-state index in [4.69, 9.17) is 17.5 Å². The first kappa shape index (κ1) is 13.6. The summed E-state index contributed by atoms with van der Waals surface area (Å²) in [6.07, 6.45) is 4.72. The van der Waals surface area contributed by atoms with Gasteiger partial charge in [-0.3, -0.25) is 20.2 Å². The molecule has 5 nitrogen and oxygen atoms in total. The van der Waals surface area contributed by atoms with Crippen LogP contribution in [0.15, 0.2) is 42.0 Å². The van der Waals surface area contributed by atoms with Gasteiger partial charge in [-0.2, -0.15) is 5.26 Å². The minimum absolute atomic E-state index is 0.00761. The summed E-state index contributed by atoms with van der Waals surface area (Å²) in [5, 5.41) is 13.4. The zero-order chi connectivity index (χ0) is 14.5. The minimum Gasteiger partial charge on any atom is -0.299 e. The van der Waals surface area contributed by atoms with Crippen molar-refractivity contribution in [3.8, 4) is 6.07 Å². The van der Waals surface area contributed by atoms with E-state index in [-0.39, 0.29) is 10.7 Å². The predicted octanol–water partition coefficient (Wildman–Crippen LogP) is 1.03. The van der Waals surface area contributed by atoms with Gasteiger partial charge >= 0.3 is 0 Å². The molecule has 0 aliphatic carbocycles. The summed E-state index contributed by atoms with van der Waals surface area (Å²) in [5.41, 5.74) is 1.41. The topological polar surface area (TPSA) is 82.0 Å². The van der Waals surface area contributed by atoms with E-state index in [1.807, 2.05) is 6.07 Å². The van der Waals surface area contributed by atoms with Crippen LogP contribution >= 0.6 is 12.2 Å². The lowest BCUT2D eigenvalue weighted by Crippen LogP contribution is -2.51. The van der Waals surface area contributed by atoms with Gasteiger partial charge in [0, 0.05) is 0 Å². The van der Waals surface area contributed by atoms with Gasteiger partial charge in [-0.1, -0.05) is 24.3 Å². The molecular formula is C14H9N3O2S. The standard InChI is InChI=1S/C14H9N3O2S/c15-8-10-6-4-9(5-7-10)2-1-3-11-12(18)16-14(20)17-13(11)19/h1-7H,(H2,16,17,18,19,20). The first-order chi connectivity index (χ1) is 9.60. The van der Waals surface area contributed by atoms with Gasteiger partial charge in [0.15, 0.2) is 5.11 Å². The van der Waals surface area contributed by atoms with Gasteiger partial charge in [0.2, 0.25) is 0 Å². The van der Waals surface area contributed by atoms with Crippen LogP contribution < -0.4 is 10.6 Å². The van der Waals surface area contributed by atoms with Gasteiger partial charge in [-0.15, -0.1) is 0 Å². The van der Waals surface area contributed by atoms with E-state index in [0.29, 0.717) is 5.56 Å². The minimum atomic E-state index is -0.525. The Labute approximate surface area is 120 Å². The fourth-order valence-electron chi connectivity index (χ4n) is 1.55. The van der Waals surface area contributed by atoms with E-state index in [2.05, 4.69) is 10.6 Å². The van der Waals surface area contributed by atoms with Gasteiger partial charge in [0.25, 0.3) is 11.8 Å². The average Bonchev–Trinajstić information content (AvgIpc) is 2.42. The molecule has 1 fully saturated rings. The summed E-state index contributed by atoms with van der Waals surface area (Å²) < 4.78 is 0. The zero-order valence-corrected chi connectivity index (χ0v) is 11.0. The Kier molecular flexibility index (Phi) is 4.03. The van der Waals surface area contributed by atoms with Crippen LogP contribution in [0.1, 0.15) is 11.1 Å². The number of carbonyl (C=O) groups is 2. The number of thiocarbonyl (C=S) groups is 1. The second-order valence-electron chi connectivity index (χ2n) is 3.91. The molecule has 1 aliphatic heterocycles. The maximum absolute atomic E-state index is 11.5. The molecule has 0 unspecified atom stereocenters. The van der Waals surface area contributed by atoms with Gasteiger partial charge in [0.1, 0.15) is 5.57 Å². The zero-order valence-electron chi connectivity index (χ0n) is 10.2. The van der Waals surface area contributed by atoms with Crippen molar-refractivity contribution in [3.63, 3.8) is 0 Å². The molecule has 0 aromatic heterocycles. The smallest absolute Gasteiger partial charge is 0.263 e. The Hall–Kier alpha value is -2.78. The first-order valence-electron chi connectivity index (χ1n) is 5.65. The molecule has 0 atom stereocenters. The molecule has 2 rings (SSSR count). The van der Waals surface area contributed by atoms with Crippen molar-refractivity contribution in [2.75, 3.05) is 0 Å². The van der Waals surface area contributed by atoms with Crippen LogP contribution in [0.5, 0.6) is 0 Å². The molecule has 1 aromatic rings. The van der Waals surface area contributed by atoms with Crippen LogP contribution in [0.4, 0.5) is 0 Å². The van der Waals surface area contributed by atoms with Crippen molar-refractivity contribution >= 4 is 35.2 Å². The van der Waals surface area contributed by atoms with Crippen molar-refractivity contribution < 1.29 is 9.59 Å². The molecule has 6 heteroatoms. The monoisotopic (exact) mass is 283 g/mol. The van der Waals surface area contributed by atoms with Crippen molar-refractivity contribution in [1.82, 2.24) is 10.6 Å². The van der Waals surface area contributed by atoms with Crippen LogP contribution in [0, 0.1) is 11.3 Å². The fraction of sp³-hybridized carbons (Fsp3) is 0. The normalized spacial score (nSPS) is 14.8. The van der Waals surface area contributed by atoms with E-state index >= 15 is 0 Å². The molecule has 1 saturated heterocycles. The molecule has 0 bridgehead atoms. The van der Waals surface area contributed by atoms with Gasteiger partial charge < -0.3 is 0 Å². The molecule has 1 aromatic carbocycles. The maximum atomic E-state index is 11.5. The van der Waals surface area contributed by atoms with Crippen LogP contribution in [0.2, 0.25) is 0 Å². The number of nitrogens with zero attached hydrogens (tertiary/aromatic N) is 1. The molecule has 1 heterocycles. The van der Waals surface area contributed by atoms with Crippen molar-refractivity contribution in [2.45, 2.75) is 0 Å². The van der Waals surface area contributed by atoms with Crippen LogP contribution in [-0.4, -0.2) is 16.9 Å². The SMILES string of the molecule is N#Cc1ccc(C=CC=C2C(=O)NC(=S)NC2=O)cc1. The highest BCUT2D eigenvalue weighted by Crippen LogP contribution is 2.07. The van der Waals surface area contributed by atoms with Crippen molar-refractivity contribution in [3.05, 3.63) is 53.1 Å². The van der Waals surface area contributed by atoms with E-state index < -0.39 is 11.8 Å². The van der Waals surface area contributed by atoms with Crippen molar-refractivity contribution in [1.29, 1.82) is 5.26 Å². The number of nitrogens with one attached hydrogen (secondary N) is 2. The molecule has 0 spiro atoms. The summed E-state index contributed by atoms with van der Waals surface area (Å²) >= 11 is 4.69. The van der Waals surface area contributed by atoms with E-state index in [1.54, 1.807) is 36.4 Å². The molecule has 1 aliphatic rings. The number of amides is 2. The highest BCUT2D eigenvalue weighted by atomic mass is 32.1. The Balaban J connectivity index is 2.13. The highest BCUT2D eigenvalue weighted by molar-refractivity contribution is 7.80. The van der Waals surface area contributed by atoms with E-state index in [0.717, 1.165) is 5.56 Å². The average molecular weight is 283 g/mol. The van der Waals surface area contributed by atoms with Crippen LogP contribution in [0.25, 0.3) is 6.08 Å². The number of carbonyl (C=O) groups excluding carboxylic acids is 2. The third kappa shape index (κ3) is 3.16. The molecule has 98 valence electrons. The molecule has 2 amide bonds.